The molecule has 6 aromatic carbocycles. The van der Waals surface area contributed by atoms with Gasteiger partial charge in [-0.25, -0.2) is 0 Å². The Bertz CT molecular complexity index is 2600. The van der Waals surface area contributed by atoms with Gasteiger partial charge in [0, 0.05) is 57.7 Å². The first-order valence-corrected chi connectivity index (χ1v) is 19.6. The molecular formula is C48H34N3OP. The van der Waals surface area contributed by atoms with Gasteiger partial charge >= 0.3 is 0 Å². The van der Waals surface area contributed by atoms with Gasteiger partial charge < -0.3 is 0 Å². The van der Waals surface area contributed by atoms with Gasteiger partial charge in [0.25, 0.3) is 0 Å². The summed E-state index contributed by atoms with van der Waals surface area (Å²) in [4.78, 5) is 8.70. The van der Waals surface area contributed by atoms with Crippen molar-refractivity contribution in [3.8, 4) is 66.8 Å². The van der Waals surface area contributed by atoms with Crippen molar-refractivity contribution in [2.24, 2.45) is 0 Å². The highest BCUT2D eigenvalue weighted by Crippen LogP contribution is 2.66. The molecule has 0 saturated heterocycles. The second-order valence-corrected chi connectivity index (χ2v) is 16.4. The van der Waals surface area contributed by atoms with Crippen molar-refractivity contribution in [2.75, 3.05) is 4.67 Å². The molecule has 0 bridgehead atoms. The number of benzene rings is 6. The van der Waals surface area contributed by atoms with E-state index in [4.69, 9.17) is 0 Å². The fourth-order valence-electron chi connectivity index (χ4n) is 8.16. The van der Waals surface area contributed by atoms with Gasteiger partial charge in [-0.3, -0.25) is 19.2 Å². The molecule has 0 N–H and O–H groups in total. The van der Waals surface area contributed by atoms with Crippen LogP contribution in [0.1, 0.15) is 11.1 Å². The summed E-state index contributed by atoms with van der Waals surface area (Å²) in [5.74, 6) is 0. The molecule has 2 aliphatic heterocycles. The summed E-state index contributed by atoms with van der Waals surface area (Å²) in [5.41, 5.74) is 17.6. The van der Waals surface area contributed by atoms with Gasteiger partial charge in [0.1, 0.15) is 0 Å². The van der Waals surface area contributed by atoms with Gasteiger partial charge in [-0.2, -0.15) is 0 Å². The van der Waals surface area contributed by atoms with Gasteiger partial charge in [-0.05, 0) is 118 Å². The monoisotopic (exact) mass is 699 g/mol. The van der Waals surface area contributed by atoms with E-state index in [9.17, 15) is 0 Å². The minimum Gasteiger partial charge on any atom is -0.289 e. The van der Waals surface area contributed by atoms with Gasteiger partial charge in [-0.15, -0.1) is 0 Å². The number of fused-ring (bicyclic) bond motifs is 11. The molecule has 0 radical (unpaired) electrons. The number of hydrogen-bond donors (Lipinski definition) is 0. The largest absolute Gasteiger partial charge is 0.289 e. The third-order valence-electron chi connectivity index (χ3n) is 10.9. The Hall–Kier alpha value is -6.35. The molecule has 0 saturated carbocycles. The summed E-state index contributed by atoms with van der Waals surface area (Å²) in [6.07, 6.45) is 7.52. The van der Waals surface area contributed by atoms with Gasteiger partial charge in [0.15, 0.2) is 0 Å². The molecule has 4 nitrogen and oxygen atoms in total. The molecule has 10 rings (SSSR count). The molecule has 4 heterocycles. The number of anilines is 2. The fraction of sp³-hybridized carbons (Fsp3) is 0.0417. The van der Waals surface area contributed by atoms with Crippen LogP contribution in [-0.2, 0) is 4.57 Å². The molecule has 252 valence electrons. The summed E-state index contributed by atoms with van der Waals surface area (Å²) in [6.45, 7) is 4.23. The molecule has 0 unspecified atom stereocenters. The van der Waals surface area contributed by atoms with E-state index in [0.29, 0.717) is 0 Å². The maximum absolute atomic E-state index is 16.0. The predicted octanol–water partition coefficient (Wildman–Crippen LogP) is 11.8. The van der Waals surface area contributed by atoms with Crippen molar-refractivity contribution in [3.63, 3.8) is 0 Å². The lowest BCUT2D eigenvalue weighted by atomic mass is 9.93. The predicted molar refractivity (Wildman–Crippen MR) is 220 cm³/mol. The lowest BCUT2D eigenvalue weighted by molar-refractivity contribution is 0.586. The summed E-state index contributed by atoms with van der Waals surface area (Å²) in [5, 5.41) is 1.74. The van der Waals surface area contributed by atoms with Crippen LogP contribution in [0.25, 0.3) is 66.8 Å². The first kappa shape index (κ1) is 31.4. The highest BCUT2D eigenvalue weighted by molar-refractivity contribution is 7.81. The third-order valence-corrected chi connectivity index (χ3v) is 14.0. The average Bonchev–Trinajstić information content (AvgIpc) is 3.21. The molecule has 0 amide bonds. The lowest BCUT2D eigenvalue weighted by Gasteiger charge is -2.44. The van der Waals surface area contributed by atoms with Crippen LogP contribution < -0.4 is 15.3 Å². The van der Waals surface area contributed by atoms with Crippen molar-refractivity contribution in [1.82, 2.24) is 9.97 Å². The van der Waals surface area contributed by atoms with E-state index in [-0.39, 0.29) is 0 Å². The molecule has 0 aliphatic carbocycles. The molecule has 2 aliphatic rings. The molecule has 0 spiro atoms. The average molecular weight is 700 g/mol. The van der Waals surface area contributed by atoms with E-state index in [1.807, 2.05) is 49.1 Å². The van der Waals surface area contributed by atoms with E-state index in [1.165, 1.54) is 11.1 Å². The highest BCUT2D eigenvalue weighted by atomic mass is 31.2. The topological polar surface area (TPSA) is 46.1 Å². The van der Waals surface area contributed by atoms with Crippen LogP contribution in [0.2, 0.25) is 0 Å². The summed E-state index contributed by atoms with van der Waals surface area (Å²) in [6, 6.07) is 51.2. The van der Waals surface area contributed by atoms with Crippen molar-refractivity contribution >= 4 is 29.3 Å². The molecule has 2 aromatic heterocycles. The molecular weight excluding hydrogens is 666 g/mol. The number of hydrogen-bond acceptors (Lipinski definition) is 3. The number of aromatic nitrogens is 2. The van der Waals surface area contributed by atoms with Crippen molar-refractivity contribution in [3.05, 3.63) is 182 Å². The fourth-order valence-corrected chi connectivity index (χ4v) is 11.4. The van der Waals surface area contributed by atoms with E-state index in [1.54, 1.807) is 0 Å². The third kappa shape index (κ3) is 4.87. The van der Waals surface area contributed by atoms with Crippen LogP contribution in [0.4, 0.5) is 11.4 Å². The molecule has 0 atom stereocenters. The van der Waals surface area contributed by atoms with E-state index >= 15 is 4.57 Å². The standard InChI is InChI=1S/C48H34N3OP/c1-31-23-25-49-29-43(31)35-15-11-33(12-16-35)37-19-21-45-41(27-37)39-7-3-5-9-47(39)53(52)48-10-6-4-8-40(48)42-28-38(20-22-46(42)51(45)53)34-13-17-36(18-14-34)44-30-50-26-24-32(44)2/h3-30H,1-2H3. The minimum absolute atomic E-state index is 0.871. The smallest absolute Gasteiger partial charge is 0.235 e. The second-order valence-electron chi connectivity index (χ2n) is 13.9. The Morgan fingerprint density at radius 2 is 0.811 bits per heavy atom. The Kier molecular flexibility index (Phi) is 7.18. The molecule has 53 heavy (non-hydrogen) atoms. The van der Waals surface area contributed by atoms with Crippen molar-refractivity contribution in [1.29, 1.82) is 0 Å². The van der Waals surface area contributed by atoms with Crippen LogP contribution in [0.5, 0.6) is 0 Å². The van der Waals surface area contributed by atoms with Crippen LogP contribution in [0.3, 0.4) is 0 Å². The van der Waals surface area contributed by atoms with E-state index in [0.717, 1.165) is 88.7 Å². The Balaban J connectivity index is 1.11. The second kappa shape index (κ2) is 12.1. The number of pyridine rings is 2. The van der Waals surface area contributed by atoms with Crippen molar-refractivity contribution < 1.29 is 4.57 Å². The molecule has 0 fully saturated rings. The lowest BCUT2D eigenvalue weighted by Crippen LogP contribution is -2.37. The van der Waals surface area contributed by atoms with E-state index in [2.05, 4.69) is 150 Å². The molecule has 8 aromatic rings. The highest BCUT2D eigenvalue weighted by Gasteiger charge is 2.47. The van der Waals surface area contributed by atoms with Gasteiger partial charge in [0.05, 0.1) is 11.4 Å². The summed E-state index contributed by atoms with van der Waals surface area (Å²) >= 11 is 0. The Morgan fingerprint density at radius 3 is 1.25 bits per heavy atom. The summed E-state index contributed by atoms with van der Waals surface area (Å²) in [7, 11) is -3.31. The van der Waals surface area contributed by atoms with E-state index < -0.39 is 7.29 Å². The number of nitrogens with zero attached hydrogens (tertiary/aromatic N) is 3. The van der Waals surface area contributed by atoms with Crippen LogP contribution in [0, 0.1) is 13.8 Å². The molecule has 5 heteroatoms. The minimum atomic E-state index is -3.31. The first-order chi connectivity index (χ1) is 26.0. The number of rotatable bonds is 4. The van der Waals surface area contributed by atoms with Crippen molar-refractivity contribution in [2.45, 2.75) is 13.8 Å². The zero-order valence-corrected chi connectivity index (χ0v) is 30.3. The van der Waals surface area contributed by atoms with Crippen LogP contribution in [0.15, 0.2) is 170 Å². The Morgan fingerprint density at radius 1 is 0.415 bits per heavy atom. The summed E-state index contributed by atoms with van der Waals surface area (Å²) < 4.78 is 18.2. The maximum Gasteiger partial charge on any atom is 0.235 e. The van der Waals surface area contributed by atoms with Crippen LogP contribution in [-0.4, -0.2) is 9.97 Å². The van der Waals surface area contributed by atoms with Gasteiger partial charge in [0.2, 0.25) is 7.29 Å². The SMILES string of the molecule is Cc1ccncc1-c1ccc(-c2ccc3c(c2)-c2ccccc2P2(=O)c4ccccc4-c4cc(-c5ccc(-c6cnccc6C)cc5)ccc4N32)cc1. The zero-order valence-electron chi connectivity index (χ0n) is 29.4. The zero-order chi connectivity index (χ0) is 35.7. The number of aryl methyl sites for hydroxylation is 2. The van der Waals surface area contributed by atoms with Gasteiger partial charge in [-0.1, -0.05) is 97.1 Å². The first-order valence-electron chi connectivity index (χ1n) is 17.9. The quantitative estimate of drug-likeness (QED) is 0.172. The van der Waals surface area contributed by atoms with Crippen LogP contribution >= 0.6 is 7.29 Å². The maximum atomic E-state index is 16.0. The Labute approximate surface area is 309 Å². The normalized spacial score (nSPS) is 13.3.